The first kappa shape index (κ1) is 29.8. The lowest BCUT2D eigenvalue weighted by molar-refractivity contribution is -0.115. The van der Waals surface area contributed by atoms with Gasteiger partial charge in [-0.25, -0.2) is 4.79 Å². The number of hydrogen-bond acceptors (Lipinski definition) is 5. The predicted octanol–water partition coefficient (Wildman–Crippen LogP) is 8.23. The van der Waals surface area contributed by atoms with Gasteiger partial charge in [-0.3, -0.25) is 4.79 Å². The summed E-state index contributed by atoms with van der Waals surface area (Å²) in [4.78, 5) is 26.7. The number of ether oxygens (including phenoxy) is 1. The zero-order valence-electron chi connectivity index (χ0n) is 23.1. The molecule has 0 saturated carbocycles. The van der Waals surface area contributed by atoms with Gasteiger partial charge in [-0.1, -0.05) is 67.4 Å². The molecule has 0 heterocycles. The number of carbonyl (C=O) groups excluding carboxylic acids is 2. The van der Waals surface area contributed by atoms with Crippen LogP contribution in [0.4, 0.5) is 17.1 Å². The van der Waals surface area contributed by atoms with Crippen molar-refractivity contribution in [2.24, 2.45) is 0 Å². The summed E-state index contributed by atoms with van der Waals surface area (Å²) in [7, 11) is 0. The van der Waals surface area contributed by atoms with Crippen molar-refractivity contribution in [3.63, 3.8) is 0 Å². The highest BCUT2D eigenvalue weighted by molar-refractivity contribution is 8.00. The molecule has 0 aliphatic carbocycles. The lowest BCUT2D eigenvalue weighted by Crippen LogP contribution is -2.19. The van der Waals surface area contributed by atoms with Gasteiger partial charge in [0, 0.05) is 22.0 Å². The molecule has 0 radical (unpaired) electrons. The van der Waals surface area contributed by atoms with E-state index in [1.807, 2.05) is 92.7 Å². The highest BCUT2D eigenvalue weighted by atomic mass is 32.2. The smallest absolute Gasteiger partial charge is 0.338 e. The molecule has 1 amide bonds. The lowest BCUT2D eigenvalue weighted by Gasteiger charge is -2.18. The summed E-state index contributed by atoms with van der Waals surface area (Å²) in [5.41, 5.74) is 4.82. The molecule has 6 nitrogen and oxygen atoms in total. The van der Waals surface area contributed by atoms with Crippen LogP contribution in [0.5, 0.6) is 0 Å². The lowest BCUT2D eigenvalue weighted by atomic mass is 10.1. The fraction of sp³-hybridized carbons (Fsp3) is 0.182. The fourth-order valence-electron chi connectivity index (χ4n) is 3.90. The normalized spacial score (nSPS) is 11.3. The largest absolute Gasteiger partial charge is 0.462 e. The number of unbranched alkanes of at least 4 members (excludes halogenated alkanes) is 1. The highest BCUT2D eigenvalue weighted by Gasteiger charge is 2.22. The van der Waals surface area contributed by atoms with Crippen LogP contribution in [0.1, 0.15) is 46.5 Å². The number of esters is 1. The number of thiocarbonyl (C=S) groups is 1. The van der Waals surface area contributed by atoms with Crippen LogP contribution in [0.25, 0.3) is 0 Å². The maximum Gasteiger partial charge on any atom is 0.338 e. The first-order valence-corrected chi connectivity index (χ1v) is 14.7. The van der Waals surface area contributed by atoms with Gasteiger partial charge in [0.1, 0.15) is 5.25 Å². The Hall–Kier alpha value is -4.14. The summed E-state index contributed by atoms with van der Waals surface area (Å²) >= 11 is 6.95. The summed E-state index contributed by atoms with van der Waals surface area (Å²) in [6, 6.07) is 32.2. The van der Waals surface area contributed by atoms with Crippen molar-refractivity contribution in [2.45, 2.75) is 36.8 Å². The molecule has 0 aliphatic rings. The second kappa shape index (κ2) is 15.0. The number of carbonyl (C=O) groups is 2. The van der Waals surface area contributed by atoms with Crippen molar-refractivity contribution in [3.8, 4) is 0 Å². The van der Waals surface area contributed by atoms with E-state index in [1.165, 1.54) is 17.3 Å². The number of hydrogen-bond donors (Lipinski definition) is 3. The van der Waals surface area contributed by atoms with Crippen LogP contribution >= 0.6 is 24.0 Å². The molecule has 8 heteroatoms. The molecular weight excluding hydrogens is 551 g/mol. The van der Waals surface area contributed by atoms with Crippen LogP contribution in [-0.2, 0) is 9.53 Å². The molecule has 4 aromatic rings. The van der Waals surface area contributed by atoms with Gasteiger partial charge < -0.3 is 20.7 Å². The average Bonchev–Trinajstić information content (AvgIpc) is 2.98. The van der Waals surface area contributed by atoms with Crippen molar-refractivity contribution < 1.29 is 14.3 Å². The minimum Gasteiger partial charge on any atom is -0.462 e. The van der Waals surface area contributed by atoms with Crippen molar-refractivity contribution in [1.29, 1.82) is 0 Å². The van der Waals surface area contributed by atoms with Crippen LogP contribution in [0.3, 0.4) is 0 Å². The SMILES string of the molecule is CCCCOC(=O)c1ccc(NC(=O)C(Sc2cccc(NC(=S)Nc3ccc(C)cc3)c2)c2ccccc2)cc1. The summed E-state index contributed by atoms with van der Waals surface area (Å²) in [6.45, 7) is 4.48. The van der Waals surface area contributed by atoms with E-state index in [4.69, 9.17) is 17.0 Å². The Morgan fingerprint density at radius 2 is 1.46 bits per heavy atom. The number of benzene rings is 4. The van der Waals surface area contributed by atoms with E-state index >= 15 is 0 Å². The van der Waals surface area contributed by atoms with E-state index in [9.17, 15) is 9.59 Å². The van der Waals surface area contributed by atoms with E-state index in [-0.39, 0.29) is 11.9 Å². The summed E-state index contributed by atoms with van der Waals surface area (Å²) in [5, 5.41) is 9.39. The number of nitrogens with one attached hydrogen (secondary N) is 3. The maximum absolute atomic E-state index is 13.5. The van der Waals surface area contributed by atoms with Gasteiger partial charge in [0.25, 0.3) is 0 Å². The molecule has 0 fully saturated rings. The molecule has 4 aromatic carbocycles. The van der Waals surface area contributed by atoms with Gasteiger partial charge in [0.2, 0.25) is 5.91 Å². The van der Waals surface area contributed by atoms with Crippen molar-refractivity contribution >= 4 is 58.0 Å². The molecule has 4 rings (SSSR count). The Bertz CT molecular complexity index is 1460. The molecule has 0 aromatic heterocycles. The molecular formula is C33H33N3O3S2. The van der Waals surface area contributed by atoms with E-state index < -0.39 is 5.25 Å². The summed E-state index contributed by atoms with van der Waals surface area (Å²) in [5.74, 6) is -0.537. The van der Waals surface area contributed by atoms with Crippen molar-refractivity contribution in [2.75, 3.05) is 22.6 Å². The first-order chi connectivity index (χ1) is 19.9. The number of rotatable bonds is 11. The van der Waals surface area contributed by atoms with Crippen LogP contribution in [0.15, 0.2) is 108 Å². The third-order valence-electron chi connectivity index (χ3n) is 6.11. The molecule has 0 saturated heterocycles. The maximum atomic E-state index is 13.5. The van der Waals surface area contributed by atoms with Crippen LogP contribution < -0.4 is 16.0 Å². The Morgan fingerprint density at radius 3 is 2.17 bits per heavy atom. The Balaban J connectivity index is 1.43. The second-order valence-corrected chi connectivity index (χ2v) is 11.0. The first-order valence-electron chi connectivity index (χ1n) is 13.5. The number of anilines is 3. The molecule has 41 heavy (non-hydrogen) atoms. The van der Waals surface area contributed by atoms with Crippen LogP contribution in [-0.4, -0.2) is 23.6 Å². The highest BCUT2D eigenvalue weighted by Crippen LogP contribution is 2.37. The standard InChI is InChI=1S/C33H33N3O3S2/c1-3-4-21-39-32(38)25-15-19-26(20-16-25)34-31(37)30(24-9-6-5-7-10-24)41-29-12-8-11-28(22-29)36-33(40)35-27-17-13-23(2)14-18-27/h5-20,22,30H,3-4,21H2,1-2H3,(H,34,37)(H2,35,36,40). The van der Waals surface area contributed by atoms with E-state index in [0.29, 0.717) is 23.0 Å². The molecule has 1 unspecified atom stereocenters. The van der Waals surface area contributed by atoms with E-state index in [0.717, 1.165) is 34.7 Å². The van der Waals surface area contributed by atoms with Crippen molar-refractivity contribution in [3.05, 3.63) is 120 Å². The molecule has 1 atom stereocenters. The quantitative estimate of drug-likeness (QED) is 0.0710. The second-order valence-electron chi connectivity index (χ2n) is 9.44. The molecule has 0 aliphatic heterocycles. The minimum atomic E-state index is -0.511. The van der Waals surface area contributed by atoms with Gasteiger partial charge in [-0.2, -0.15) is 0 Å². The average molecular weight is 584 g/mol. The number of amides is 1. The molecule has 3 N–H and O–H groups in total. The molecule has 0 spiro atoms. The summed E-state index contributed by atoms with van der Waals surface area (Å²) in [6.07, 6.45) is 1.78. The zero-order valence-corrected chi connectivity index (χ0v) is 24.7. The van der Waals surface area contributed by atoms with Crippen molar-refractivity contribution in [1.82, 2.24) is 0 Å². The zero-order chi connectivity index (χ0) is 29.0. The van der Waals surface area contributed by atoms with Gasteiger partial charge in [-0.15, -0.1) is 11.8 Å². The number of thioether (sulfide) groups is 1. The third-order valence-corrected chi connectivity index (χ3v) is 7.57. The van der Waals surface area contributed by atoms with E-state index in [1.54, 1.807) is 24.3 Å². The topological polar surface area (TPSA) is 79.5 Å². The summed E-state index contributed by atoms with van der Waals surface area (Å²) < 4.78 is 5.27. The molecule has 0 bridgehead atoms. The van der Waals surface area contributed by atoms with Crippen LogP contribution in [0, 0.1) is 6.92 Å². The van der Waals surface area contributed by atoms with Gasteiger partial charge in [0.05, 0.1) is 12.2 Å². The fourth-order valence-corrected chi connectivity index (χ4v) is 5.22. The van der Waals surface area contributed by atoms with Gasteiger partial charge in [0.15, 0.2) is 5.11 Å². The number of aryl methyl sites for hydroxylation is 1. The predicted molar refractivity (Wildman–Crippen MR) is 173 cm³/mol. The van der Waals surface area contributed by atoms with Gasteiger partial charge in [-0.05, 0) is 85.7 Å². The Labute approximate surface area is 250 Å². The van der Waals surface area contributed by atoms with E-state index in [2.05, 4.69) is 16.0 Å². The monoisotopic (exact) mass is 583 g/mol. The third kappa shape index (κ3) is 9.20. The minimum absolute atomic E-state index is 0.172. The molecule has 210 valence electrons. The Morgan fingerprint density at radius 1 is 0.805 bits per heavy atom. The Kier molecular flexibility index (Phi) is 10.9. The van der Waals surface area contributed by atoms with Gasteiger partial charge >= 0.3 is 5.97 Å². The van der Waals surface area contributed by atoms with Crippen LogP contribution in [0.2, 0.25) is 0 Å².